The van der Waals surface area contributed by atoms with E-state index >= 15 is 0 Å². The fourth-order valence-electron chi connectivity index (χ4n) is 1.91. The molecule has 1 aromatic rings. The summed E-state index contributed by atoms with van der Waals surface area (Å²) < 4.78 is 7.59. The van der Waals surface area contributed by atoms with Gasteiger partial charge in [0.2, 0.25) is 0 Å². The number of nitrogens with one attached hydrogen (secondary N) is 1. The zero-order chi connectivity index (χ0) is 14.1. The molecule has 0 aromatic heterocycles. The highest BCUT2D eigenvalue weighted by Crippen LogP contribution is 2.34. The predicted octanol–water partition coefficient (Wildman–Crippen LogP) is 5.70. The first-order valence-electron chi connectivity index (χ1n) is 7.00. The van der Waals surface area contributed by atoms with Crippen LogP contribution in [0.25, 0.3) is 0 Å². The molecule has 0 saturated heterocycles. The predicted molar refractivity (Wildman–Crippen MR) is 96.1 cm³/mol. The summed E-state index contributed by atoms with van der Waals surface area (Å²) in [6, 6.07) is 4.24. The van der Waals surface area contributed by atoms with Crippen molar-refractivity contribution in [2.45, 2.75) is 46.1 Å². The summed E-state index contributed by atoms with van der Waals surface area (Å²) in [4.78, 5) is 0. The Kier molecular flexibility index (Phi) is 12.0. The summed E-state index contributed by atoms with van der Waals surface area (Å²) in [5.74, 6) is 0.884. The van der Waals surface area contributed by atoms with Crippen LogP contribution in [-0.4, -0.2) is 13.2 Å². The standard InChI is InChI=1S/C15H23Br2NO.ClH/c1-3-5-6-7-8-18-11-12-9-13(16)15(19-4-2)14(17)10-12;/h9-10,18H,3-8,11H2,1-2H3;1H. The average Bonchev–Trinajstić information content (AvgIpc) is 2.38. The van der Waals surface area contributed by atoms with E-state index in [-0.39, 0.29) is 12.4 Å². The summed E-state index contributed by atoms with van der Waals surface area (Å²) in [6.07, 6.45) is 5.20. The SMILES string of the molecule is CCCCCCNCc1cc(Br)c(OCC)c(Br)c1.Cl. The number of unbranched alkanes of at least 4 members (excludes halogenated alkanes) is 3. The van der Waals surface area contributed by atoms with Gasteiger partial charge in [0.15, 0.2) is 0 Å². The maximum absolute atomic E-state index is 5.58. The summed E-state index contributed by atoms with van der Waals surface area (Å²) in [6.45, 7) is 6.89. The second kappa shape index (κ2) is 11.8. The molecular weight excluding hydrogens is 405 g/mol. The zero-order valence-corrected chi connectivity index (χ0v) is 16.2. The van der Waals surface area contributed by atoms with E-state index in [1.54, 1.807) is 0 Å². The van der Waals surface area contributed by atoms with Gasteiger partial charge in [0.05, 0.1) is 15.6 Å². The van der Waals surface area contributed by atoms with Gasteiger partial charge in [-0.25, -0.2) is 0 Å². The van der Waals surface area contributed by atoms with Crippen LogP contribution >= 0.6 is 44.3 Å². The van der Waals surface area contributed by atoms with E-state index in [1.165, 1.54) is 31.2 Å². The maximum Gasteiger partial charge on any atom is 0.147 e. The van der Waals surface area contributed by atoms with Crippen molar-refractivity contribution in [3.05, 3.63) is 26.6 Å². The molecule has 20 heavy (non-hydrogen) atoms. The lowest BCUT2D eigenvalue weighted by Gasteiger charge is -2.11. The Morgan fingerprint density at radius 1 is 1.05 bits per heavy atom. The lowest BCUT2D eigenvalue weighted by Crippen LogP contribution is -2.14. The Morgan fingerprint density at radius 3 is 2.25 bits per heavy atom. The van der Waals surface area contributed by atoms with Gasteiger partial charge in [-0.3, -0.25) is 0 Å². The van der Waals surface area contributed by atoms with Gasteiger partial charge < -0.3 is 10.1 Å². The molecule has 0 amide bonds. The third-order valence-electron chi connectivity index (χ3n) is 2.88. The average molecular weight is 430 g/mol. The number of rotatable bonds is 9. The molecule has 0 aliphatic heterocycles. The molecule has 0 fully saturated rings. The van der Waals surface area contributed by atoms with E-state index in [4.69, 9.17) is 4.74 Å². The monoisotopic (exact) mass is 427 g/mol. The van der Waals surface area contributed by atoms with Crippen molar-refractivity contribution in [2.24, 2.45) is 0 Å². The van der Waals surface area contributed by atoms with Crippen molar-refractivity contribution in [1.29, 1.82) is 0 Å². The van der Waals surface area contributed by atoms with Gasteiger partial charge in [-0.15, -0.1) is 12.4 Å². The van der Waals surface area contributed by atoms with Gasteiger partial charge >= 0.3 is 0 Å². The molecule has 0 saturated carbocycles. The molecule has 0 aliphatic carbocycles. The third-order valence-corrected chi connectivity index (χ3v) is 4.06. The fourth-order valence-corrected chi connectivity index (χ4v) is 3.42. The van der Waals surface area contributed by atoms with E-state index in [0.29, 0.717) is 6.61 Å². The lowest BCUT2D eigenvalue weighted by atomic mass is 10.2. The van der Waals surface area contributed by atoms with Crippen molar-refractivity contribution in [2.75, 3.05) is 13.2 Å². The van der Waals surface area contributed by atoms with Crippen LogP contribution in [0.2, 0.25) is 0 Å². The van der Waals surface area contributed by atoms with Crippen LogP contribution in [0.15, 0.2) is 21.1 Å². The molecule has 1 aromatic carbocycles. The molecule has 2 nitrogen and oxygen atoms in total. The van der Waals surface area contributed by atoms with Crippen molar-refractivity contribution >= 4 is 44.3 Å². The van der Waals surface area contributed by atoms with Crippen LogP contribution < -0.4 is 10.1 Å². The summed E-state index contributed by atoms with van der Waals surface area (Å²) >= 11 is 7.12. The third kappa shape index (κ3) is 7.30. The molecular formula is C15H24Br2ClNO. The molecule has 0 heterocycles. The summed E-state index contributed by atoms with van der Waals surface area (Å²) in [5.41, 5.74) is 1.26. The van der Waals surface area contributed by atoms with E-state index in [2.05, 4.69) is 56.2 Å². The van der Waals surface area contributed by atoms with Crippen LogP contribution in [0.1, 0.15) is 45.1 Å². The van der Waals surface area contributed by atoms with Crippen molar-refractivity contribution in [1.82, 2.24) is 5.32 Å². The van der Waals surface area contributed by atoms with Crippen molar-refractivity contribution in [3.8, 4) is 5.75 Å². The second-order valence-electron chi connectivity index (χ2n) is 4.56. The summed E-state index contributed by atoms with van der Waals surface area (Å²) in [7, 11) is 0. The maximum atomic E-state index is 5.58. The summed E-state index contributed by atoms with van der Waals surface area (Å²) in [5, 5.41) is 3.48. The second-order valence-corrected chi connectivity index (χ2v) is 6.27. The first-order chi connectivity index (χ1) is 9.19. The molecule has 0 spiro atoms. The number of benzene rings is 1. The highest BCUT2D eigenvalue weighted by atomic mass is 79.9. The molecule has 0 unspecified atom stereocenters. The van der Waals surface area contributed by atoms with E-state index in [9.17, 15) is 0 Å². The largest absolute Gasteiger partial charge is 0.492 e. The highest BCUT2D eigenvalue weighted by Gasteiger charge is 2.08. The Balaban J connectivity index is 0.00000361. The van der Waals surface area contributed by atoms with Gasteiger partial charge in [-0.2, -0.15) is 0 Å². The Hall–Kier alpha value is 0.230. The number of ether oxygens (including phenoxy) is 1. The normalized spacial score (nSPS) is 10.2. The quantitative estimate of drug-likeness (QED) is 0.508. The van der Waals surface area contributed by atoms with Crippen LogP contribution in [0.5, 0.6) is 5.75 Å². The Bertz CT molecular complexity index is 365. The molecule has 0 atom stereocenters. The van der Waals surface area contributed by atoms with Gasteiger partial charge in [0.1, 0.15) is 5.75 Å². The molecule has 1 rings (SSSR count). The molecule has 116 valence electrons. The smallest absolute Gasteiger partial charge is 0.147 e. The van der Waals surface area contributed by atoms with Gasteiger partial charge in [-0.1, -0.05) is 26.2 Å². The van der Waals surface area contributed by atoms with Gasteiger partial charge in [0.25, 0.3) is 0 Å². The molecule has 0 bridgehead atoms. The van der Waals surface area contributed by atoms with Crippen LogP contribution in [0.4, 0.5) is 0 Å². The highest BCUT2D eigenvalue weighted by molar-refractivity contribution is 9.11. The molecule has 0 aliphatic rings. The molecule has 0 radical (unpaired) electrons. The minimum atomic E-state index is 0. The lowest BCUT2D eigenvalue weighted by molar-refractivity contribution is 0.336. The molecule has 5 heteroatoms. The van der Waals surface area contributed by atoms with Crippen molar-refractivity contribution in [3.63, 3.8) is 0 Å². The Labute approximate surface area is 145 Å². The van der Waals surface area contributed by atoms with Crippen molar-refractivity contribution < 1.29 is 4.74 Å². The fraction of sp³-hybridized carbons (Fsp3) is 0.600. The molecule has 1 N–H and O–H groups in total. The number of hydrogen-bond donors (Lipinski definition) is 1. The Morgan fingerprint density at radius 2 is 1.70 bits per heavy atom. The van der Waals surface area contributed by atoms with Crippen LogP contribution in [0, 0.1) is 0 Å². The first kappa shape index (κ1) is 20.2. The first-order valence-corrected chi connectivity index (χ1v) is 8.59. The minimum Gasteiger partial charge on any atom is -0.492 e. The van der Waals surface area contributed by atoms with Gasteiger partial charge in [-0.05, 0) is 69.4 Å². The number of hydrogen-bond acceptors (Lipinski definition) is 2. The van der Waals surface area contributed by atoms with Crippen LogP contribution in [-0.2, 0) is 6.54 Å². The number of halogens is 3. The topological polar surface area (TPSA) is 21.3 Å². The zero-order valence-electron chi connectivity index (χ0n) is 12.2. The van der Waals surface area contributed by atoms with Gasteiger partial charge in [0, 0.05) is 6.54 Å². The van der Waals surface area contributed by atoms with E-state index in [1.807, 2.05) is 6.92 Å². The van der Waals surface area contributed by atoms with E-state index < -0.39 is 0 Å². The van der Waals surface area contributed by atoms with Crippen LogP contribution in [0.3, 0.4) is 0 Å². The van der Waals surface area contributed by atoms with E-state index in [0.717, 1.165) is 27.8 Å². The minimum absolute atomic E-state index is 0.